The van der Waals surface area contributed by atoms with E-state index < -0.39 is 0 Å². The van der Waals surface area contributed by atoms with Crippen LogP contribution < -0.4 is 0 Å². The molecule has 0 aromatic carbocycles. The highest BCUT2D eigenvalue weighted by atomic mass is 28.2. The molecule has 0 nitrogen and oxygen atoms in total. The van der Waals surface area contributed by atoms with Gasteiger partial charge in [-0.25, -0.2) is 0 Å². The molecule has 2 heteroatoms. The summed E-state index contributed by atoms with van der Waals surface area (Å²) in [5, 5.41) is 0. The molecule has 0 N–H and O–H groups in total. The molecule has 0 aliphatic heterocycles. The van der Waals surface area contributed by atoms with E-state index in [1.165, 1.54) is 25.7 Å². The van der Waals surface area contributed by atoms with Gasteiger partial charge in [-0.05, 0) is 0 Å². The Hall–Kier alpha value is 0.434. The van der Waals surface area contributed by atoms with Crippen molar-refractivity contribution in [3.8, 4) is 0 Å². The van der Waals surface area contributed by atoms with Gasteiger partial charge in [0.2, 0.25) is 0 Å². The summed E-state index contributed by atoms with van der Waals surface area (Å²) >= 11 is 0. The molecule has 0 heterocycles. The van der Waals surface area contributed by atoms with Crippen LogP contribution in [0.3, 0.4) is 0 Å². The summed E-state index contributed by atoms with van der Waals surface area (Å²) in [6.07, 6.45) is 5.87. The predicted molar refractivity (Wildman–Crippen MR) is 66.1 cm³/mol. The largest absolute Gasteiger partial charge is 0.0656 e. The molecule has 0 aromatic heterocycles. The molecule has 12 heavy (non-hydrogen) atoms. The second-order valence-corrected chi connectivity index (χ2v) is 8.07. The normalized spacial score (nSPS) is 12.5. The third-order valence-electron chi connectivity index (χ3n) is 2.46. The highest BCUT2D eigenvalue weighted by Gasteiger charge is 1.91. The van der Waals surface area contributed by atoms with Crippen LogP contribution in [0.1, 0.15) is 39.5 Å². The smallest absolute Gasteiger partial charge is 0.0194 e. The molecule has 0 fully saturated rings. The van der Waals surface area contributed by atoms with Crippen LogP contribution in [-0.4, -0.2) is 19.0 Å². The first kappa shape index (κ1) is 12.4. The van der Waals surface area contributed by atoms with E-state index >= 15 is 0 Å². The summed E-state index contributed by atoms with van der Waals surface area (Å²) in [4.78, 5) is 0. The molecule has 0 amide bonds. The number of unbranched alkanes of at least 4 members (excludes halogenated alkanes) is 2. The molecule has 0 rings (SSSR count). The van der Waals surface area contributed by atoms with Crippen LogP contribution in [0, 0.1) is 0 Å². The van der Waals surface area contributed by atoms with Gasteiger partial charge in [-0.15, -0.1) is 0 Å². The first-order chi connectivity index (χ1) is 5.91. The van der Waals surface area contributed by atoms with Crippen molar-refractivity contribution in [3.05, 3.63) is 0 Å². The van der Waals surface area contributed by atoms with Crippen molar-refractivity contribution in [2.45, 2.75) is 63.7 Å². The van der Waals surface area contributed by atoms with E-state index in [0.29, 0.717) is 19.0 Å². The zero-order chi connectivity index (χ0) is 9.07. The zero-order valence-corrected chi connectivity index (χ0v) is 11.9. The highest BCUT2D eigenvalue weighted by Crippen LogP contribution is 2.01. The summed E-state index contributed by atoms with van der Waals surface area (Å²) in [6.45, 7) is 4.62. The summed E-state index contributed by atoms with van der Waals surface area (Å²) in [5.41, 5.74) is 0. The minimum atomic E-state index is 0.401. The summed E-state index contributed by atoms with van der Waals surface area (Å²) in [7, 11) is 0.802. The molecule has 0 unspecified atom stereocenters. The van der Waals surface area contributed by atoms with Gasteiger partial charge in [0.15, 0.2) is 0 Å². The van der Waals surface area contributed by atoms with Crippen molar-refractivity contribution in [2.75, 3.05) is 0 Å². The second kappa shape index (κ2) is 11.4. The molecule has 74 valence electrons. The zero-order valence-electron chi connectivity index (χ0n) is 9.07. The Bertz CT molecular complexity index is 64.2. The minimum absolute atomic E-state index is 0.401. The average molecular weight is 202 g/mol. The average Bonchev–Trinajstić information content (AvgIpc) is 2.10. The molecule has 0 radical (unpaired) electrons. The topological polar surface area (TPSA) is 0 Å². The monoisotopic (exact) mass is 202 g/mol. The maximum atomic E-state index is 2.31. The lowest BCUT2D eigenvalue weighted by Gasteiger charge is -1.98. The van der Waals surface area contributed by atoms with E-state index in [-0.39, 0.29) is 0 Å². The molecule has 0 bridgehead atoms. The van der Waals surface area contributed by atoms with Crippen molar-refractivity contribution >= 4 is 19.0 Å². The third kappa shape index (κ3) is 10.4. The van der Waals surface area contributed by atoms with Crippen LogP contribution in [0.2, 0.25) is 24.2 Å². The summed E-state index contributed by atoms with van der Waals surface area (Å²) < 4.78 is 0. The van der Waals surface area contributed by atoms with Crippen LogP contribution in [0.4, 0.5) is 0 Å². The van der Waals surface area contributed by atoms with Crippen molar-refractivity contribution in [1.82, 2.24) is 0 Å². The van der Waals surface area contributed by atoms with Crippen LogP contribution in [0.5, 0.6) is 0 Å². The number of hydrogen-bond donors (Lipinski definition) is 0. The lowest BCUT2D eigenvalue weighted by Crippen LogP contribution is -1.93. The van der Waals surface area contributed by atoms with Gasteiger partial charge in [0.05, 0.1) is 0 Å². The van der Waals surface area contributed by atoms with Crippen LogP contribution in [-0.2, 0) is 0 Å². The second-order valence-electron chi connectivity index (χ2n) is 3.83. The van der Waals surface area contributed by atoms with Crippen molar-refractivity contribution in [3.63, 3.8) is 0 Å². The fourth-order valence-electron chi connectivity index (χ4n) is 1.56. The molecule has 0 saturated heterocycles. The maximum Gasteiger partial charge on any atom is 0.0194 e. The fraction of sp³-hybridized carbons (Fsp3) is 1.00. The van der Waals surface area contributed by atoms with E-state index in [1.807, 2.05) is 0 Å². The van der Waals surface area contributed by atoms with Gasteiger partial charge in [-0.2, -0.15) is 0 Å². The highest BCUT2D eigenvalue weighted by molar-refractivity contribution is 6.41. The molecular weight excluding hydrogens is 176 g/mol. The van der Waals surface area contributed by atoms with Crippen molar-refractivity contribution in [1.29, 1.82) is 0 Å². The first-order valence-electron chi connectivity index (χ1n) is 5.91. The molecule has 0 aliphatic rings. The molecule has 0 spiro atoms. The first-order valence-corrected chi connectivity index (χ1v) is 9.91. The Labute approximate surface area is 83.2 Å². The van der Waals surface area contributed by atoms with E-state index in [2.05, 4.69) is 13.8 Å². The van der Waals surface area contributed by atoms with Crippen LogP contribution in [0.15, 0.2) is 0 Å². The third-order valence-corrected chi connectivity index (χ3v) is 7.46. The van der Waals surface area contributed by atoms with Crippen LogP contribution in [0.25, 0.3) is 0 Å². The molecule has 0 aliphatic carbocycles. The Morgan fingerprint density at radius 1 is 0.667 bits per heavy atom. The molecule has 0 saturated carbocycles. The minimum Gasteiger partial charge on any atom is -0.0656 e. The van der Waals surface area contributed by atoms with Crippen molar-refractivity contribution < 1.29 is 0 Å². The number of hydrogen-bond acceptors (Lipinski definition) is 0. The van der Waals surface area contributed by atoms with Gasteiger partial charge in [0.1, 0.15) is 0 Å². The van der Waals surface area contributed by atoms with Gasteiger partial charge in [0, 0.05) is 19.0 Å². The lowest BCUT2D eigenvalue weighted by atomic mass is 10.4. The van der Waals surface area contributed by atoms with Gasteiger partial charge >= 0.3 is 0 Å². The van der Waals surface area contributed by atoms with E-state index in [9.17, 15) is 0 Å². The van der Waals surface area contributed by atoms with E-state index in [0.717, 1.165) is 0 Å². The standard InChI is InChI=1S/C10H26Si2/c1-3-5-7-11-9-10-12-8-6-4-2/h3-12H2,1-2H3. The van der Waals surface area contributed by atoms with Gasteiger partial charge < -0.3 is 0 Å². The molecule has 0 aromatic rings. The summed E-state index contributed by atoms with van der Waals surface area (Å²) in [5.74, 6) is 0. The van der Waals surface area contributed by atoms with Crippen molar-refractivity contribution in [2.24, 2.45) is 0 Å². The fourth-order valence-corrected chi connectivity index (χ4v) is 6.80. The predicted octanol–water partition coefficient (Wildman–Crippen LogP) is 2.60. The van der Waals surface area contributed by atoms with E-state index in [4.69, 9.17) is 0 Å². The van der Waals surface area contributed by atoms with Gasteiger partial charge in [0.25, 0.3) is 0 Å². The molecule has 0 atom stereocenters. The van der Waals surface area contributed by atoms with Gasteiger partial charge in [-0.3, -0.25) is 0 Å². The summed E-state index contributed by atoms with van der Waals surface area (Å²) in [6, 6.07) is 6.60. The Morgan fingerprint density at radius 3 is 1.42 bits per heavy atom. The molecular formula is C10H26Si2. The number of rotatable bonds is 9. The quantitative estimate of drug-likeness (QED) is 0.398. The Morgan fingerprint density at radius 2 is 1.08 bits per heavy atom. The lowest BCUT2D eigenvalue weighted by molar-refractivity contribution is 0.874. The van der Waals surface area contributed by atoms with Gasteiger partial charge in [-0.1, -0.05) is 63.7 Å². The Balaban J connectivity index is 2.73. The maximum absolute atomic E-state index is 2.31. The van der Waals surface area contributed by atoms with Crippen LogP contribution >= 0.6 is 0 Å². The Kier molecular flexibility index (Phi) is 11.8. The SMILES string of the molecule is CCCC[SiH2]CC[SiH2]CCCC. The van der Waals surface area contributed by atoms with E-state index in [1.54, 1.807) is 24.2 Å².